The Kier molecular flexibility index (Phi) is 4.91. The van der Waals surface area contributed by atoms with Crippen LogP contribution in [0.15, 0.2) is 23.1 Å². The van der Waals surface area contributed by atoms with E-state index in [0.29, 0.717) is 35.2 Å². The van der Waals surface area contributed by atoms with E-state index in [4.69, 9.17) is 10.5 Å². The summed E-state index contributed by atoms with van der Waals surface area (Å²) in [6.45, 7) is 4.87. The van der Waals surface area contributed by atoms with Gasteiger partial charge in [-0.15, -0.1) is 0 Å². The van der Waals surface area contributed by atoms with Gasteiger partial charge in [0.15, 0.2) is 0 Å². The third-order valence-corrected chi connectivity index (χ3v) is 6.30. The van der Waals surface area contributed by atoms with Crippen LogP contribution in [0.25, 0.3) is 0 Å². The average Bonchev–Trinajstić information content (AvgIpc) is 2.46. The van der Waals surface area contributed by atoms with E-state index >= 15 is 0 Å². The molecule has 2 N–H and O–H groups in total. The summed E-state index contributed by atoms with van der Waals surface area (Å²) in [4.78, 5) is 0.363. The Balaban J connectivity index is 2.19. The highest BCUT2D eigenvalue weighted by Crippen LogP contribution is 2.28. The molecule has 1 aliphatic rings. The molecule has 0 bridgehead atoms. The Hall–Kier alpha value is -1.11. The zero-order chi connectivity index (χ0) is 15.6. The monoisotopic (exact) mass is 312 g/mol. The maximum absolute atomic E-state index is 12.7. The highest BCUT2D eigenvalue weighted by molar-refractivity contribution is 7.89. The number of nitrogens with two attached hydrogens (primary N) is 1. The second-order valence-corrected chi connectivity index (χ2v) is 7.64. The SMILES string of the molecule is COc1ccc(S(=O)(=O)N2CCC(C(C)N)CC2)c(C)c1. The summed E-state index contributed by atoms with van der Waals surface area (Å²) < 4.78 is 32.2. The van der Waals surface area contributed by atoms with Crippen LogP contribution in [0.3, 0.4) is 0 Å². The van der Waals surface area contributed by atoms with Crippen LogP contribution in [0.1, 0.15) is 25.3 Å². The average molecular weight is 312 g/mol. The molecular weight excluding hydrogens is 288 g/mol. The van der Waals surface area contributed by atoms with Gasteiger partial charge < -0.3 is 10.5 Å². The normalized spacial score (nSPS) is 19.4. The van der Waals surface area contributed by atoms with Gasteiger partial charge in [0.2, 0.25) is 10.0 Å². The maximum Gasteiger partial charge on any atom is 0.243 e. The van der Waals surface area contributed by atoms with Crippen LogP contribution in [0.5, 0.6) is 5.75 Å². The fourth-order valence-electron chi connectivity index (χ4n) is 2.82. The number of sulfonamides is 1. The first kappa shape index (κ1) is 16.3. The van der Waals surface area contributed by atoms with Crippen molar-refractivity contribution in [3.8, 4) is 5.75 Å². The first-order valence-electron chi connectivity index (χ1n) is 7.26. The predicted molar refractivity (Wildman–Crippen MR) is 82.9 cm³/mol. The minimum atomic E-state index is -3.43. The number of nitrogens with zero attached hydrogens (tertiary/aromatic N) is 1. The van der Waals surface area contributed by atoms with E-state index in [1.807, 2.05) is 6.92 Å². The number of hydrogen-bond acceptors (Lipinski definition) is 4. The van der Waals surface area contributed by atoms with Gasteiger partial charge in [0, 0.05) is 19.1 Å². The molecule has 1 unspecified atom stereocenters. The molecule has 1 saturated heterocycles. The lowest BCUT2D eigenvalue weighted by Crippen LogP contribution is -2.42. The first-order valence-corrected chi connectivity index (χ1v) is 8.70. The van der Waals surface area contributed by atoms with Gasteiger partial charge >= 0.3 is 0 Å². The largest absolute Gasteiger partial charge is 0.497 e. The highest BCUT2D eigenvalue weighted by Gasteiger charge is 2.31. The van der Waals surface area contributed by atoms with E-state index in [1.54, 1.807) is 36.5 Å². The zero-order valence-corrected chi connectivity index (χ0v) is 13.7. The quantitative estimate of drug-likeness (QED) is 0.919. The van der Waals surface area contributed by atoms with E-state index in [2.05, 4.69) is 0 Å². The number of aryl methyl sites for hydroxylation is 1. The van der Waals surface area contributed by atoms with Crippen molar-refractivity contribution in [3.63, 3.8) is 0 Å². The molecule has 1 heterocycles. The Morgan fingerprint density at radius 2 is 1.95 bits per heavy atom. The van der Waals surface area contributed by atoms with Crippen LogP contribution in [0.4, 0.5) is 0 Å². The fraction of sp³-hybridized carbons (Fsp3) is 0.600. The van der Waals surface area contributed by atoms with Gasteiger partial charge in [-0.25, -0.2) is 8.42 Å². The predicted octanol–water partition coefficient (Wildman–Crippen LogP) is 1.75. The number of benzene rings is 1. The molecule has 0 radical (unpaired) electrons. The lowest BCUT2D eigenvalue weighted by atomic mass is 9.92. The summed E-state index contributed by atoms with van der Waals surface area (Å²) in [6, 6.07) is 5.19. The molecule has 1 aliphatic heterocycles. The number of methoxy groups -OCH3 is 1. The minimum Gasteiger partial charge on any atom is -0.497 e. The molecule has 118 valence electrons. The smallest absolute Gasteiger partial charge is 0.243 e. The Labute approximate surface area is 127 Å². The molecule has 0 spiro atoms. The lowest BCUT2D eigenvalue weighted by Gasteiger charge is -2.33. The van der Waals surface area contributed by atoms with Gasteiger partial charge in [-0.1, -0.05) is 0 Å². The first-order chi connectivity index (χ1) is 9.86. The van der Waals surface area contributed by atoms with Crippen molar-refractivity contribution in [2.75, 3.05) is 20.2 Å². The molecule has 0 saturated carbocycles. The Morgan fingerprint density at radius 3 is 2.43 bits per heavy atom. The molecule has 1 fully saturated rings. The van der Waals surface area contributed by atoms with Crippen molar-refractivity contribution in [1.29, 1.82) is 0 Å². The summed E-state index contributed by atoms with van der Waals surface area (Å²) in [5.74, 6) is 1.08. The summed E-state index contributed by atoms with van der Waals surface area (Å²) in [5, 5.41) is 0. The van der Waals surface area contributed by atoms with Crippen molar-refractivity contribution in [1.82, 2.24) is 4.31 Å². The molecule has 1 aromatic carbocycles. The van der Waals surface area contributed by atoms with Crippen molar-refractivity contribution in [3.05, 3.63) is 23.8 Å². The summed E-state index contributed by atoms with van der Waals surface area (Å²) in [5.41, 5.74) is 6.62. The third-order valence-electron chi connectivity index (χ3n) is 4.24. The number of rotatable bonds is 4. The molecule has 21 heavy (non-hydrogen) atoms. The van der Waals surface area contributed by atoms with Crippen LogP contribution >= 0.6 is 0 Å². The van der Waals surface area contributed by atoms with Crippen molar-refractivity contribution in [2.45, 2.75) is 37.6 Å². The van der Waals surface area contributed by atoms with Crippen LogP contribution in [-0.4, -0.2) is 39.0 Å². The van der Waals surface area contributed by atoms with Crippen LogP contribution < -0.4 is 10.5 Å². The van der Waals surface area contributed by atoms with Crippen molar-refractivity contribution < 1.29 is 13.2 Å². The summed E-state index contributed by atoms with van der Waals surface area (Å²) in [6.07, 6.45) is 1.65. The molecule has 0 aliphatic carbocycles. The van der Waals surface area contributed by atoms with E-state index in [-0.39, 0.29) is 6.04 Å². The molecule has 0 amide bonds. The van der Waals surface area contributed by atoms with Gasteiger partial charge in [-0.05, 0) is 56.4 Å². The molecule has 1 aromatic rings. The van der Waals surface area contributed by atoms with E-state index in [9.17, 15) is 8.42 Å². The maximum atomic E-state index is 12.7. The second kappa shape index (κ2) is 6.34. The van der Waals surface area contributed by atoms with Crippen LogP contribution in [-0.2, 0) is 10.0 Å². The topological polar surface area (TPSA) is 72.6 Å². The van der Waals surface area contributed by atoms with Gasteiger partial charge in [0.25, 0.3) is 0 Å². The molecular formula is C15H24N2O3S. The van der Waals surface area contributed by atoms with E-state index in [0.717, 1.165) is 12.8 Å². The minimum absolute atomic E-state index is 0.123. The molecule has 6 heteroatoms. The van der Waals surface area contributed by atoms with Crippen molar-refractivity contribution >= 4 is 10.0 Å². The Bertz CT molecular complexity index is 591. The number of hydrogen-bond donors (Lipinski definition) is 1. The third kappa shape index (κ3) is 3.39. The van der Waals surface area contributed by atoms with Crippen LogP contribution in [0.2, 0.25) is 0 Å². The van der Waals surface area contributed by atoms with E-state index < -0.39 is 10.0 Å². The van der Waals surface area contributed by atoms with Crippen molar-refractivity contribution in [2.24, 2.45) is 11.7 Å². The molecule has 1 atom stereocenters. The van der Waals surface area contributed by atoms with Gasteiger partial charge in [-0.3, -0.25) is 0 Å². The fourth-order valence-corrected chi connectivity index (χ4v) is 4.49. The van der Waals surface area contributed by atoms with Crippen LogP contribution in [0, 0.1) is 12.8 Å². The molecule has 5 nitrogen and oxygen atoms in total. The molecule has 2 rings (SSSR count). The standard InChI is InChI=1S/C15H24N2O3S/c1-11-10-14(20-3)4-5-15(11)21(18,19)17-8-6-13(7-9-17)12(2)16/h4-5,10,12-13H,6-9,16H2,1-3H3. The van der Waals surface area contributed by atoms with E-state index in [1.165, 1.54) is 0 Å². The number of ether oxygens (including phenoxy) is 1. The number of piperidine rings is 1. The van der Waals surface area contributed by atoms with Gasteiger partial charge in [0.1, 0.15) is 5.75 Å². The second-order valence-electron chi connectivity index (χ2n) is 5.73. The lowest BCUT2D eigenvalue weighted by molar-refractivity contribution is 0.250. The molecule has 0 aromatic heterocycles. The highest BCUT2D eigenvalue weighted by atomic mass is 32.2. The summed E-state index contributed by atoms with van der Waals surface area (Å²) in [7, 11) is -1.86. The zero-order valence-electron chi connectivity index (χ0n) is 12.9. The van der Waals surface area contributed by atoms with Gasteiger partial charge in [-0.2, -0.15) is 4.31 Å². The van der Waals surface area contributed by atoms with Gasteiger partial charge in [0.05, 0.1) is 12.0 Å². The summed E-state index contributed by atoms with van der Waals surface area (Å²) >= 11 is 0. The Morgan fingerprint density at radius 1 is 1.33 bits per heavy atom.